The van der Waals surface area contributed by atoms with Crippen molar-refractivity contribution < 1.29 is 14.4 Å². The Bertz CT molecular complexity index is 1070. The van der Waals surface area contributed by atoms with Gasteiger partial charge in [-0.15, -0.1) is 0 Å². The lowest BCUT2D eigenvalue weighted by Gasteiger charge is -2.05. The average molecular weight is 362 g/mol. The van der Waals surface area contributed by atoms with Crippen LogP contribution in [0.3, 0.4) is 0 Å². The number of imide groups is 1. The fourth-order valence-electron chi connectivity index (χ4n) is 2.95. The first-order valence-corrected chi connectivity index (χ1v) is 8.85. The molecule has 1 aliphatic rings. The highest BCUT2D eigenvalue weighted by molar-refractivity contribution is 8.18. The monoisotopic (exact) mass is 362 g/mol. The predicted molar refractivity (Wildman–Crippen MR) is 102 cm³/mol. The summed E-state index contributed by atoms with van der Waals surface area (Å²) < 4.78 is 1.62. The molecule has 1 fully saturated rings. The summed E-state index contributed by atoms with van der Waals surface area (Å²) in [6, 6.07) is 17.0. The Morgan fingerprint density at radius 2 is 1.85 bits per heavy atom. The van der Waals surface area contributed by atoms with Gasteiger partial charge >= 0.3 is 0 Å². The van der Waals surface area contributed by atoms with E-state index in [1.807, 2.05) is 54.6 Å². The van der Waals surface area contributed by atoms with Gasteiger partial charge < -0.3 is 0 Å². The summed E-state index contributed by atoms with van der Waals surface area (Å²) in [6.07, 6.45) is 3.73. The fraction of sp³-hybridized carbons (Fsp3) is 0.0500. The van der Waals surface area contributed by atoms with Crippen LogP contribution in [-0.4, -0.2) is 21.6 Å². The summed E-state index contributed by atoms with van der Waals surface area (Å²) in [6.45, 7) is 0. The minimum atomic E-state index is -0.392. The Labute approximate surface area is 153 Å². The summed E-state index contributed by atoms with van der Waals surface area (Å²) in [5.74, 6) is -0.421. The number of carbonyl (C=O) groups is 3. The van der Waals surface area contributed by atoms with Crippen LogP contribution in [0.1, 0.15) is 15.9 Å². The maximum Gasteiger partial charge on any atom is 0.290 e. The molecule has 1 N–H and O–H groups in total. The first-order chi connectivity index (χ1) is 12.6. The molecule has 0 aliphatic carbocycles. The van der Waals surface area contributed by atoms with Crippen LogP contribution in [-0.2, 0) is 11.2 Å². The third-order valence-corrected chi connectivity index (χ3v) is 4.97. The normalized spacial score (nSPS) is 15.6. The van der Waals surface area contributed by atoms with Crippen LogP contribution in [0.4, 0.5) is 4.79 Å². The largest absolute Gasteiger partial charge is 0.290 e. The van der Waals surface area contributed by atoms with Crippen LogP contribution in [0.15, 0.2) is 65.7 Å². The topological polar surface area (TPSA) is 68.2 Å². The third kappa shape index (κ3) is 3.07. The number of nitrogens with one attached hydrogen (secondary N) is 1. The quantitative estimate of drug-likeness (QED) is 0.719. The van der Waals surface area contributed by atoms with Gasteiger partial charge in [-0.05, 0) is 41.1 Å². The van der Waals surface area contributed by atoms with Gasteiger partial charge in [-0.25, -0.2) is 0 Å². The number of thioether (sulfide) groups is 1. The summed E-state index contributed by atoms with van der Waals surface area (Å²) in [5.41, 5.74) is 2.52. The van der Waals surface area contributed by atoms with Crippen LogP contribution >= 0.6 is 11.8 Å². The van der Waals surface area contributed by atoms with Gasteiger partial charge in [-0.1, -0.05) is 42.5 Å². The van der Waals surface area contributed by atoms with Crippen LogP contribution in [0.5, 0.6) is 0 Å². The van der Waals surface area contributed by atoms with E-state index in [0.29, 0.717) is 11.3 Å². The molecule has 2 aromatic carbocycles. The molecule has 1 aliphatic heterocycles. The molecule has 1 saturated heterocycles. The molecule has 128 valence electrons. The molecular weight excluding hydrogens is 348 g/mol. The van der Waals surface area contributed by atoms with Crippen molar-refractivity contribution in [3.63, 3.8) is 0 Å². The number of fused-ring (bicyclic) bond motifs is 1. The molecule has 26 heavy (non-hydrogen) atoms. The van der Waals surface area contributed by atoms with Gasteiger partial charge in [-0.2, -0.15) is 0 Å². The number of hydrogen-bond acceptors (Lipinski definition) is 4. The van der Waals surface area contributed by atoms with E-state index in [1.54, 1.807) is 16.8 Å². The van der Waals surface area contributed by atoms with E-state index in [4.69, 9.17) is 0 Å². The van der Waals surface area contributed by atoms with E-state index < -0.39 is 5.91 Å². The molecule has 0 radical (unpaired) electrons. The standard InChI is InChI=1S/C20H14N2O3S/c23-18(11-13-5-2-1-3-6-13)22-10-9-15-14(7-4-8-16(15)22)12-17-19(24)21-20(25)26-17/h1-10,12H,11H2,(H,21,24,25). The minimum Gasteiger partial charge on any atom is -0.287 e. The maximum absolute atomic E-state index is 12.7. The van der Waals surface area contributed by atoms with Crippen LogP contribution < -0.4 is 5.32 Å². The molecule has 1 aromatic heterocycles. The Balaban J connectivity index is 1.69. The van der Waals surface area contributed by atoms with Gasteiger partial charge in [0, 0.05) is 11.6 Å². The summed E-state index contributed by atoms with van der Waals surface area (Å²) in [4.78, 5) is 36.1. The highest BCUT2D eigenvalue weighted by Crippen LogP contribution is 2.29. The number of rotatable bonds is 3. The van der Waals surface area contributed by atoms with Crippen molar-refractivity contribution in [3.8, 4) is 0 Å². The molecule has 3 aromatic rings. The number of aromatic nitrogens is 1. The van der Waals surface area contributed by atoms with E-state index in [9.17, 15) is 14.4 Å². The van der Waals surface area contributed by atoms with E-state index in [-0.39, 0.29) is 11.1 Å². The summed E-state index contributed by atoms with van der Waals surface area (Å²) in [5, 5.41) is 2.73. The number of carbonyl (C=O) groups excluding carboxylic acids is 3. The second-order valence-corrected chi connectivity index (χ2v) is 6.89. The van der Waals surface area contributed by atoms with Crippen molar-refractivity contribution in [2.24, 2.45) is 0 Å². The van der Waals surface area contributed by atoms with Gasteiger partial charge in [0.05, 0.1) is 16.8 Å². The van der Waals surface area contributed by atoms with E-state index in [1.165, 1.54) is 0 Å². The van der Waals surface area contributed by atoms with Gasteiger partial charge in [0.2, 0.25) is 5.91 Å². The van der Waals surface area contributed by atoms with Crippen molar-refractivity contribution in [2.45, 2.75) is 6.42 Å². The van der Waals surface area contributed by atoms with E-state index in [0.717, 1.165) is 33.8 Å². The molecule has 0 spiro atoms. The molecular formula is C20H14N2O3S. The van der Waals surface area contributed by atoms with Crippen LogP contribution in [0.2, 0.25) is 0 Å². The van der Waals surface area contributed by atoms with Crippen molar-refractivity contribution in [3.05, 3.63) is 76.8 Å². The highest BCUT2D eigenvalue weighted by atomic mass is 32.2. The Hall–Kier alpha value is -3.12. The lowest BCUT2D eigenvalue weighted by Crippen LogP contribution is -2.17. The van der Waals surface area contributed by atoms with Gasteiger partial charge in [0.25, 0.3) is 11.1 Å². The molecule has 0 unspecified atom stereocenters. The fourth-order valence-corrected chi connectivity index (χ4v) is 3.63. The van der Waals surface area contributed by atoms with Crippen molar-refractivity contribution >= 4 is 45.8 Å². The van der Waals surface area contributed by atoms with Crippen molar-refractivity contribution in [1.29, 1.82) is 0 Å². The zero-order chi connectivity index (χ0) is 18.1. The van der Waals surface area contributed by atoms with Gasteiger partial charge in [0.15, 0.2) is 0 Å². The van der Waals surface area contributed by atoms with Crippen LogP contribution in [0, 0.1) is 0 Å². The number of nitrogens with zero attached hydrogens (tertiary/aromatic N) is 1. The number of benzene rings is 2. The van der Waals surface area contributed by atoms with Gasteiger partial charge in [-0.3, -0.25) is 24.3 Å². The summed E-state index contributed by atoms with van der Waals surface area (Å²) >= 11 is 0.880. The molecule has 0 bridgehead atoms. The Kier molecular flexibility index (Phi) is 4.18. The first-order valence-electron chi connectivity index (χ1n) is 8.04. The van der Waals surface area contributed by atoms with E-state index >= 15 is 0 Å². The van der Waals surface area contributed by atoms with Crippen LogP contribution in [0.25, 0.3) is 17.0 Å². The number of hydrogen-bond donors (Lipinski definition) is 1. The van der Waals surface area contributed by atoms with E-state index in [2.05, 4.69) is 5.32 Å². The molecule has 5 nitrogen and oxygen atoms in total. The lowest BCUT2D eigenvalue weighted by molar-refractivity contribution is -0.115. The Morgan fingerprint density at radius 1 is 1.04 bits per heavy atom. The third-order valence-electron chi connectivity index (χ3n) is 4.16. The first kappa shape index (κ1) is 16.4. The second kappa shape index (κ2) is 6.65. The summed E-state index contributed by atoms with van der Waals surface area (Å²) in [7, 11) is 0. The smallest absolute Gasteiger partial charge is 0.287 e. The maximum atomic E-state index is 12.7. The molecule has 4 rings (SSSR count). The van der Waals surface area contributed by atoms with Crippen molar-refractivity contribution in [1.82, 2.24) is 9.88 Å². The molecule has 0 atom stereocenters. The average Bonchev–Trinajstić information content (AvgIpc) is 3.19. The minimum absolute atomic E-state index is 0.0286. The zero-order valence-electron chi connectivity index (χ0n) is 13.6. The second-order valence-electron chi connectivity index (χ2n) is 5.87. The Morgan fingerprint density at radius 3 is 2.58 bits per heavy atom. The lowest BCUT2D eigenvalue weighted by atomic mass is 10.1. The SMILES string of the molecule is O=C1NC(=O)C(=Cc2cccc3c2ccn3C(=O)Cc2ccccc2)S1. The molecule has 2 heterocycles. The molecule has 6 heteroatoms. The highest BCUT2D eigenvalue weighted by Gasteiger charge is 2.25. The number of amides is 2. The predicted octanol–water partition coefficient (Wildman–Crippen LogP) is 3.85. The zero-order valence-corrected chi connectivity index (χ0v) is 14.5. The molecule has 0 saturated carbocycles. The van der Waals surface area contributed by atoms with Gasteiger partial charge in [0.1, 0.15) is 0 Å². The van der Waals surface area contributed by atoms with Crippen molar-refractivity contribution in [2.75, 3.05) is 0 Å². The molecule has 2 amide bonds.